The fraction of sp³-hybridized carbons (Fsp3) is 0.378. The summed E-state index contributed by atoms with van der Waals surface area (Å²) in [6.45, 7) is 2.30. The first-order valence-electron chi connectivity index (χ1n) is 15.3. The highest BCUT2D eigenvalue weighted by Gasteiger charge is 2.34. The largest absolute Gasteiger partial charge is 0.455 e. The van der Waals surface area contributed by atoms with E-state index in [2.05, 4.69) is 79.3 Å². The number of fused-ring (bicyclic) bond motifs is 5. The summed E-state index contributed by atoms with van der Waals surface area (Å²) < 4.78 is 9.41. The first kappa shape index (κ1) is 23.5. The van der Waals surface area contributed by atoms with Crippen molar-refractivity contribution in [2.45, 2.75) is 77.0 Å². The number of hydrogen-bond donors (Lipinski definition) is 0. The number of aromatic nitrogens is 1. The van der Waals surface area contributed by atoms with Crippen molar-refractivity contribution in [3.05, 3.63) is 77.5 Å². The molecule has 5 aromatic rings. The van der Waals surface area contributed by atoms with Crippen LogP contribution in [0.5, 0.6) is 11.5 Å². The van der Waals surface area contributed by atoms with Crippen molar-refractivity contribution in [2.75, 3.05) is 0 Å². The van der Waals surface area contributed by atoms with Gasteiger partial charge in [-0.2, -0.15) is 0 Å². The molecule has 0 amide bonds. The van der Waals surface area contributed by atoms with Gasteiger partial charge in [0, 0.05) is 17.0 Å². The predicted molar refractivity (Wildman–Crippen MR) is 162 cm³/mol. The van der Waals surface area contributed by atoms with E-state index in [1.54, 1.807) is 0 Å². The number of rotatable bonds is 3. The number of hydrogen-bond acceptors (Lipinski definition) is 1. The first-order valence-corrected chi connectivity index (χ1v) is 15.3. The zero-order valence-corrected chi connectivity index (χ0v) is 23.4. The monoisotopic (exact) mass is 512 g/mol. The summed E-state index contributed by atoms with van der Waals surface area (Å²) in [7, 11) is 2.21. The van der Waals surface area contributed by atoms with Gasteiger partial charge in [-0.3, -0.25) is 0 Å². The van der Waals surface area contributed by atoms with Gasteiger partial charge in [0.1, 0.15) is 18.5 Å². The van der Waals surface area contributed by atoms with Crippen LogP contribution >= 0.6 is 0 Å². The minimum absolute atomic E-state index is 0.703. The van der Waals surface area contributed by atoms with Crippen molar-refractivity contribution >= 4 is 32.3 Å². The Balaban J connectivity index is 1.41. The van der Waals surface area contributed by atoms with Crippen LogP contribution in [0.3, 0.4) is 0 Å². The molecule has 3 aliphatic rings. The topological polar surface area (TPSA) is 13.1 Å². The smallest absolute Gasteiger partial charge is 0.228 e. The summed E-state index contributed by atoms with van der Waals surface area (Å²) in [5, 5.41) is 7.99. The first-order chi connectivity index (χ1) is 19.2. The molecule has 2 saturated carbocycles. The van der Waals surface area contributed by atoms with Crippen molar-refractivity contribution in [3.63, 3.8) is 0 Å². The molecule has 0 spiro atoms. The lowest BCUT2D eigenvalue weighted by molar-refractivity contribution is -0.659. The van der Waals surface area contributed by atoms with E-state index in [4.69, 9.17) is 4.74 Å². The Kier molecular flexibility index (Phi) is 5.47. The van der Waals surface area contributed by atoms with Crippen LogP contribution in [0.2, 0.25) is 0 Å². The van der Waals surface area contributed by atoms with E-state index in [0.29, 0.717) is 5.92 Å². The van der Waals surface area contributed by atoms with Gasteiger partial charge >= 0.3 is 0 Å². The van der Waals surface area contributed by atoms with Gasteiger partial charge in [0.25, 0.3) is 0 Å². The minimum Gasteiger partial charge on any atom is -0.455 e. The lowest BCUT2D eigenvalue weighted by Gasteiger charge is -2.27. The molecule has 0 radical (unpaired) electrons. The van der Waals surface area contributed by atoms with Crippen LogP contribution in [0.25, 0.3) is 43.6 Å². The highest BCUT2D eigenvalue weighted by atomic mass is 16.5. The van der Waals surface area contributed by atoms with Gasteiger partial charge in [-0.05, 0) is 76.8 Å². The Labute approximate surface area is 231 Å². The molecular weight excluding hydrogens is 474 g/mol. The molecular formula is C37H38NO+. The molecule has 0 unspecified atom stereocenters. The fourth-order valence-corrected chi connectivity index (χ4v) is 8.21. The number of pyridine rings is 1. The summed E-state index contributed by atoms with van der Waals surface area (Å²) in [6, 6.07) is 20.9. The molecule has 196 valence electrons. The molecule has 2 fully saturated rings. The Morgan fingerprint density at radius 1 is 0.795 bits per heavy atom. The molecule has 0 N–H and O–H groups in total. The second-order valence-corrected chi connectivity index (χ2v) is 12.6. The Morgan fingerprint density at radius 3 is 2.38 bits per heavy atom. The third kappa shape index (κ3) is 3.64. The molecule has 0 bridgehead atoms. The summed E-state index contributed by atoms with van der Waals surface area (Å²) in [6.07, 6.45) is 15.6. The Bertz CT molecular complexity index is 1770. The summed E-state index contributed by atoms with van der Waals surface area (Å²) in [4.78, 5) is 0. The van der Waals surface area contributed by atoms with E-state index in [1.165, 1.54) is 118 Å². The molecule has 2 heterocycles. The van der Waals surface area contributed by atoms with E-state index < -0.39 is 0 Å². The van der Waals surface area contributed by atoms with E-state index in [1.807, 2.05) is 0 Å². The zero-order chi connectivity index (χ0) is 26.1. The summed E-state index contributed by atoms with van der Waals surface area (Å²) >= 11 is 0. The second-order valence-electron chi connectivity index (χ2n) is 12.6. The Morgan fingerprint density at radius 2 is 1.56 bits per heavy atom. The molecule has 2 nitrogen and oxygen atoms in total. The summed E-state index contributed by atoms with van der Waals surface area (Å²) in [5.41, 5.74) is 6.87. The van der Waals surface area contributed by atoms with Gasteiger partial charge < -0.3 is 4.74 Å². The average Bonchev–Trinajstić information content (AvgIpc) is 3.50. The molecule has 0 saturated heterocycles. The van der Waals surface area contributed by atoms with Gasteiger partial charge in [-0.15, -0.1) is 0 Å². The van der Waals surface area contributed by atoms with Gasteiger partial charge in [0.15, 0.2) is 6.20 Å². The quantitative estimate of drug-likeness (QED) is 0.170. The Hall–Kier alpha value is -3.39. The van der Waals surface area contributed by atoms with Gasteiger partial charge in [-0.25, -0.2) is 4.57 Å². The van der Waals surface area contributed by atoms with Crippen LogP contribution in [0, 0.1) is 12.8 Å². The molecule has 1 aliphatic heterocycles. The maximum absolute atomic E-state index is 7.08. The molecule has 2 aliphatic carbocycles. The minimum atomic E-state index is 0.703. The second kappa shape index (κ2) is 9.08. The van der Waals surface area contributed by atoms with Crippen molar-refractivity contribution in [1.82, 2.24) is 0 Å². The molecule has 39 heavy (non-hydrogen) atoms. The van der Waals surface area contributed by atoms with E-state index in [9.17, 15) is 0 Å². The molecule has 0 atom stereocenters. The van der Waals surface area contributed by atoms with E-state index in [0.717, 1.165) is 23.8 Å². The van der Waals surface area contributed by atoms with Gasteiger partial charge in [-0.1, -0.05) is 87.4 Å². The van der Waals surface area contributed by atoms with Crippen molar-refractivity contribution in [2.24, 2.45) is 13.0 Å². The molecule has 4 aromatic carbocycles. The highest BCUT2D eigenvalue weighted by Crippen LogP contribution is 2.53. The third-order valence-electron chi connectivity index (χ3n) is 10.2. The predicted octanol–water partition coefficient (Wildman–Crippen LogP) is 9.83. The highest BCUT2D eigenvalue weighted by molar-refractivity contribution is 6.16. The maximum atomic E-state index is 7.08. The molecule has 1 aromatic heterocycles. The number of benzene rings is 4. The third-order valence-corrected chi connectivity index (χ3v) is 10.2. The molecule has 2 heteroatoms. The number of nitrogens with zero attached hydrogens (tertiary/aromatic N) is 1. The van der Waals surface area contributed by atoms with Gasteiger partial charge in [0.05, 0.1) is 10.9 Å². The lowest BCUT2D eigenvalue weighted by atomic mass is 9.82. The average molecular weight is 513 g/mol. The standard InChI is InChI=1S/C37H38NO/c1-23-28-14-8-9-15-29(28)32(20-24-10-6-7-11-24)37-34(23)36-35-30(18-19-38(36)2)31-21-26(25-12-4-3-5-13-25)16-17-27(31)22-33(35)39-37/h8-9,14-19,21-22,24-25H,3-7,10-13,20H2,1-2H3/q+1. The number of aryl methyl sites for hydroxylation is 2. The number of ether oxygens (including phenoxy) is 1. The van der Waals surface area contributed by atoms with Crippen LogP contribution in [-0.4, -0.2) is 0 Å². The fourth-order valence-electron chi connectivity index (χ4n) is 8.21. The van der Waals surface area contributed by atoms with E-state index >= 15 is 0 Å². The lowest BCUT2D eigenvalue weighted by Crippen LogP contribution is -2.32. The maximum Gasteiger partial charge on any atom is 0.228 e. The van der Waals surface area contributed by atoms with Crippen molar-refractivity contribution in [1.29, 1.82) is 0 Å². The summed E-state index contributed by atoms with van der Waals surface area (Å²) in [5.74, 6) is 3.58. The SMILES string of the molecule is Cc1c2c(c(CC3CCCC3)c3ccccc13)Oc1cc3ccc(C4CCCCC4)cc3c3cc[n+](C)c-2c13. The van der Waals surface area contributed by atoms with Crippen LogP contribution in [0.15, 0.2) is 60.8 Å². The van der Waals surface area contributed by atoms with Crippen molar-refractivity contribution in [3.8, 4) is 22.8 Å². The van der Waals surface area contributed by atoms with Crippen molar-refractivity contribution < 1.29 is 9.30 Å². The van der Waals surface area contributed by atoms with Gasteiger partial charge in [0.2, 0.25) is 5.69 Å². The van der Waals surface area contributed by atoms with Crippen LogP contribution in [0.1, 0.15) is 80.4 Å². The zero-order valence-electron chi connectivity index (χ0n) is 23.4. The van der Waals surface area contributed by atoms with Crippen LogP contribution < -0.4 is 9.30 Å². The van der Waals surface area contributed by atoms with E-state index in [-0.39, 0.29) is 0 Å². The molecule has 8 rings (SSSR count). The van der Waals surface area contributed by atoms with Crippen LogP contribution in [-0.2, 0) is 13.5 Å². The normalized spacial score (nSPS) is 17.7. The van der Waals surface area contributed by atoms with Crippen LogP contribution in [0.4, 0.5) is 0 Å².